The summed E-state index contributed by atoms with van der Waals surface area (Å²) in [6.45, 7) is 0. The highest BCUT2D eigenvalue weighted by Gasteiger charge is 2.12. The summed E-state index contributed by atoms with van der Waals surface area (Å²) in [6.07, 6.45) is 2.55. The lowest BCUT2D eigenvalue weighted by Gasteiger charge is -2.11. The number of aromatic nitrogens is 2. The molecule has 0 saturated carbocycles. The van der Waals surface area contributed by atoms with Gasteiger partial charge in [-0.2, -0.15) is 0 Å². The van der Waals surface area contributed by atoms with E-state index in [1.807, 2.05) is 0 Å². The van der Waals surface area contributed by atoms with Gasteiger partial charge in [0, 0.05) is 11.1 Å². The van der Waals surface area contributed by atoms with Gasteiger partial charge in [0.1, 0.15) is 28.9 Å². The van der Waals surface area contributed by atoms with Crippen LogP contribution >= 0.6 is 11.6 Å². The van der Waals surface area contributed by atoms with Crippen LogP contribution < -0.4 is 15.4 Å². The van der Waals surface area contributed by atoms with Crippen LogP contribution in [0.4, 0.5) is 26.0 Å². The van der Waals surface area contributed by atoms with Crippen LogP contribution in [0.1, 0.15) is 10.5 Å². The SMILES string of the molecule is COc1ccc(Cl)cc1Nc1cnc(C(=O)Nc2ccc(F)cc2F)cn1. The van der Waals surface area contributed by atoms with Crippen molar-refractivity contribution >= 4 is 34.7 Å². The minimum absolute atomic E-state index is 0.0395. The number of rotatable bonds is 5. The molecule has 0 radical (unpaired) electrons. The Bertz CT molecular complexity index is 984. The number of amides is 1. The Morgan fingerprint density at radius 1 is 1.07 bits per heavy atom. The molecule has 0 unspecified atom stereocenters. The molecule has 0 aliphatic rings. The smallest absolute Gasteiger partial charge is 0.275 e. The summed E-state index contributed by atoms with van der Waals surface area (Å²) in [5, 5.41) is 5.79. The molecule has 6 nitrogen and oxygen atoms in total. The van der Waals surface area contributed by atoms with Crippen LogP contribution in [-0.2, 0) is 0 Å². The number of halogens is 3. The summed E-state index contributed by atoms with van der Waals surface area (Å²) in [7, 11) is 1.52. The fourth-order valence-electron chi connectivity index (χ4n) is 2.20. The highest BCUT2D eigenvalue weighted by molar-refractivity contribution is 6.31. The number of hydrogen-bond acceptors (Lipinski definition) is 5. The minimum atomic E-state index is -0.886. The fraction of sp³-hybridized carbons (Fsp3) is 0.0556. The fourth-order valence-corrected chi connectivity index (χ4v) is 2.38. The van der Waals surface area contributed by atoms with Gasteiger partial charge in [-0.05, 0) is 30.3 Å². The molecule has 0 saturated heterocycles. The number of nitrogens with one attached hydrogen (secondary N) is 2. The van der Waals surface area contributed by atoms with E-state index in [-0.39, 0.29) is 11.4 Å². The topological polar surface area (TPSA) is 76.1 Å². The minimum Gasteiger partial charge on any atom is -0.495 e. The number of nitrogens with zero attached hydrogens (tertiary/aromatic N) is 2. The van der Waals surface area contributed by atoms with Gasteiger partial charge < -0.3 is 15.4 Å². The first-order valence-electron chi connectivity index (χ1n) is 7.65. The summed E-state index contributed by atoms with van der Waals surface area (Å²) in [4.78, 5) is 20.2. The van der Waals surface area contributed by atoms with E-state index in [0.717, 1.165) is 12.1 Å². The number of hydrogen-bond donors (Lipinski definition) is 2. The lowest BCUT2D eigenvalue weighted by molar-refractivity contribution is 0.102. The zero-order valence-electron chi connectivity index (χ0n) is 14.0. The first kappa shape index (κ1) is 18.5. The maximum absolute atomic E-state index is 13.6. The molecule has 3 rings (SSSR count). The lowest BCUT2D eigenvalue weighted by Crippen LogP contribution is -2.15. The number of carbonyl (C=O) groups is 1. The second-order valence-corrected chi connectivity index (χ2v) is 5.77. The van der Waals surface area contributed by atoms with Crippen LogP contribution in [0, 0.1) is 11.6 Å². The van der Waals surface area contributed by atoms with E-state index in [1.165, 1.54) is 19.5 Å². The molecule has 1 aromatic heterocycles. The van der Waals surface area contributed by atoms with Gasteiger partial charge in [-0.3, -0.25) is 4.79 Å². The maximum Gasteiger partial charge on any atom is 0.275 e. The number of ether oxygens (including phenoxy) is 1. The normalized spacial score (nSPS) is 10.4. The molecular weight excluding hydrogens is 378 g/mol. The maximum atomic E-state index is 13.6. The van der Waals surface area contributed by atoms with Crippen LogP contribution in [0.5, 0.6) is 5.75 Å². The molecule has 138 valence electrons. The second-order valence-electron chi connectivity index (χ2n) is 5.33. The lowest BCUT2D eigenvalue weighted by atomic mass is 10.3. The third kappa shape index (κ3) is 4.48. The number of anilines is 3. The van der Waals surface area contributed by atoms with Crippen LogP contribution in [0.3, 0.4) is 0 Å². The van der Waals surface area contributed by atoms with Gasteiger partial charge in [-0.1, -0.05) is 11.6 Å². The summed E-state index contributed by atoms with van der Waals surface area (Å²) in [6, 6.07) is 7.86. The van der Waals surface area contributed by atoms with Crippen molar-refractivity contribution in [2.45, 2.75) is 0 Å². The van der Waals surface area contributed by atoms with Crippen molar-refractivity contribution in [1.29, 1.82) is 0 Å². The molecule has 0 bridgehead atoms. The van der Waals surface area contributed by atoms with Crippen LogP contribution in [-0.4, -0.2) is 23.0 Å². The highest BCUT2D eigenvalue weighted by atomic mass is 35.5. The van der Waals surface area contributed by atoms with Gasteiger partial charge in [-0.25, -0.2) is 18.7 Å². The first-order chi connectivity index (χ1) is 13.0. The zero-order chi connectivity index (χ0) is 19.4. The second kappa shape index (κ2) is 7.96. The quantitative estimate of drug-likeness (QED) is 0.674. The number of benzene rings is 2. The van der Waals surface area contributed by atoms with E-state index in [9.17, 15) is 13.6 Å². The monoisotopic (exact) mass is 390 g/mol. The molecule has 2 aromatic carbocycles. The standard InChI is InChI=1S/C18H13ClF2N4O2/c1-27-16-5-2-10(19)6-14(16)24-17-9-22-15(8-23-17)18(26)25-13-4-3-11(20)7-12(13)21/h2-9H,1H3,(H,23,24)(H,25,26). The average molecular weight is 391 g/mol. The predicted octanol–water partition coefficient (Wildman–Crippen LogP) is 4.41. The van der Waals surface area contributed by atoms with Crippen molar-refractivity contribution < 1.29 is 18.3 Å². The Balaban J connectivity index is 1.73. The molecule has 0 aliphatic carbocycles. The Morgan fingerprint density at radius 2 is 1.89 bits per heavy atom. The molecule has 27 heavy (non-hydrogen) atoms. The van der Waals surface area contributed by atoms with E-state index in [2.05, 4.69) is 20.6 Å². The van der Waals surface area contributed by atoms with Crippen molar-refractivity contribution in [3.05, 3.63) is 71.1 Å². The largest absolute Gasteiger partial charge is 0.495 e. The summed E-state index contributed by atoms with van der Waals surface area (Å²) >= 11 is 5.97. The molecule has 2 N–H and O–H groups in total. The molecule has 0 aliphatic heterocycles. The van der Waals surface area contributed by atoms with Gasteiger partial charge >= 0.3 is 0 Å². The van der Waals surface area contributed by atoms with E-state index >= 15 is 0 Å². The van der Waals surface area contributed by atoms with Gasteiger partial charge in [0.15, 0.2) is 0 Å². The Morgan fingerprint density at radius 3 is 2.56 bits per heavy atom. The third-order valence-corrected chi connectivity index (χ3v) is 3.72. The Labute approximate surface area is 158 Å². The Kier molecular flexibility index (Phi) is 5.46. The van der Waals surface area contributed by atoms with Crippen molar-refractivity contribution in [3.63, 3.8) is 0 Å². The molecule has 1 heterocycles. The van der Waals surface area contributed by atoms with Gasteiger partial charge in [0.2, 0.25) is 0 Å². The van der Waals surface area contributed by atoms with E-state index in [0.29, 0.717) is 28.3 Å². The number of carbonyl (C=O) groups excluding carboxylic acids is 1. The molecule has 9 heteroatoms. The summed E-state index contributed by atoms with van der Waals surface area (Å²) in [5.41, 5.74) is 0.376. The molecular formula is C18H13ClF2N4O2. The van der Waals surface area contributed by atoms with Gasteiger partial charge in [-0.15, -0.1) is 0 Å². The average Bonchev–Trinajstić information content (AvgIpc) is 2.65. The van der Waals surface area contributed by atoms with Crippen LogP contribution in [0.2, 0.25) is 5.02 Å². The third-order valence-electron chi connectivity index (χ3n) is 3.49. The van der Waals surface area contributed by atoms with Crippen molar-refractivity contribution in [1.82, 2.24) is 9.97 Å². The van der Waals surface area contributed by atoms with E-state index in [1.54, 1.807) is 18.2 Å². The molecule has 0 spiro atoms. The highest BCUT2D eigenvalue weighted by Crippen LogP contribution is 2.29. The summed E-state index contributed by atoms with van der Waals surface area (Å²) < 4.78 is 31.7. The predicted molar refractivity (Wildman–Crippen MR) is 97.6 cm³/mol. The van der Waals surface area contributed by atoms with Crippen molar-refractivity contribution in [2.75, 3.05) is 17.7 Å². The first-order valence-corrected chi connectivity index (χ1v) is 8.03. The van der Waals surface area contributed by atoms with E-state index < -0.39 is 17.5 Å². The van der Waals surface area contributed by atoms with Crippen molar-refractivity contribution in [2.24, 2.45) is 0 Å². The number of methoxy groups -OCH3 is 1. The molecule has 1 amide bonds. The van der Waals surface area contributed by atoms with E-state index in [4.69, 9.17) is 16.3 Å². The Hall–Kier alpha value is -3.26. The summed E-state index contributed by atoms with van der Waals surface area (Å²) in [5.74, 6) is -1.41. The van der Waals surface area contributed by atoms with Gasteiger partial charge in [0.25, 0.3) is 5.91 Å². The zero-order valence-corrected chi connectivity index (χ0v) is 14.7. The molecule has 0 fully saturated rings. The molecule has 0 atom stereocenters. The van der Waals surface area contributed by atoms with Crippen molar-refractivity contribution in [3.8, 4) is 5.75 Å². The van der Waals surface area contributed by atoms with Crippen LogP contribution in [0.25, 0.3) is 0 Å². The van der Waals surface area contributed by atoms with Crippen LogP contribution in [0.15, 0.2) is 48.8 Å². The van der Waals surface area contributed by atoms with Gasteiger partial charge in [0.05, 0.1) is 30.9 Å². The molecule has 3 aromatic rings.